The number of nitriles is 1. The lowest BCUT2D eigenvalue weighted by molar-refractivity contribution is 0.629. The number of aromatic nitrogens is 1. The summed E-state index contributed by atoms with van der Waals surface area (Å²) in [6.45, 7) is 1.82. The molecule has 0 spiro atoms. The second-order valence-corrected chi connectivity index (χ2v) is 6.31. The maximum absolute atomic E-state index is 13.9. The van der Waals surface area contributed by atoms with Gasteiger partial charge in [-0.05, 0) is 42.3 Å². The van der Waals surface area contributed by atoms with E-state index in [0.717, 1.165) is 11.1 Å². The molecule has 3 rings (SSSR count). The molecule has 1 aromatic heterocycles. The zero-order chi connectivity index (χ0) is 18.1. The third-order valence-corrected chi connectivity index (χ3v) is 4.46. The topological polar surface area (TPSA) is 62.7 Å². The predicted molar refractivity (Wildman–Crippen MR) is 99.0 cm³/mol. The number of nitrogen functional groups attached to an aromatic ring is 1. The standard InChI is InChI=1S/C19H12Cl2FN3/c1-10-17(12-4-7-15(21)16(22)8-12)14(9-23)19(24)25-18(10)11-2-5-13(20)6-3-11/h2-8H,1H3,(H2,24,25). The minimum Gasteiger partial charge on any atom is -0.383 e. The van der Waals surface area contributed by atoms with E-state index in [1.165, 1.54) is 12.1 Å². The van der Waals surface area contributed by atoms with E-state index in [1.807, 2.05) is 19.1 Å². The Hall–Kier alpha value is -2.61. The highest BCUT2D eigenvalue weighted by Crippen LogP contribution is 2.36. The highest BCUT2D eigenvalue weighted by molar-refractivity contribution is 6.31. The SMILES string of the molecule is Cc1c(-c2ccc(Cl)cc2)nc(N)c(C#N)c1-c1ccc(Cl)c(F)c1. The average Bonchev–Trinajstić information content (AvgIpc) is 2.59. The molecule has 2 aromatic carbocycles. The first-order valence-electron chi connectivity index (χ1n) is 7.34. The summed E-state index contributed by atoms with van der Waals surface area (Å²) in [5.41, 5.74) is 9.38. The molecule has 0 fully saturated rings. The molecule has 0 radical (unpaired) electrons. The molecule has 0 saturated carbocycles. The molecule has 0 aliphatic rings. The van der Waals surface area contributed by atoms with E-state index in [4.69, 9.17) is 28.9 Å². The third-order valence-electron chi connectivity index (χ3n) is 3.91. The fourth-order valence-corrected chi connectivity index (χ4v) is 2.95. The molecule has 2 N–H and O–H groups in total. The number of nitrogens with two attached hydrogens (primary N) is 1. The summed E-state index contributed by atoms with van der Waals surface area (Å²) in [5.74, 6) is -0.478. The number of anilines is 1. The Morgan fingerprint density at radius 1 is 1.08 bits per heavy atom. The van der Waals surface area contributed by atoms with E-state index < -0.39 is 5.82 Å². The molecule has 25 heavy (non-hydrogen) atoms. The monoisotopic (exact) mass is 371 g/mol. The van der Waals surface area contributed by atoms with Crippen molar-refractivity contribution in [2.75, 3.05) is 5.73 Å². The Bertz CT molecular complexity index is 1010. The second kappa shape index (κ2) is 6.72. The molecule has 0 bridgehead atoms. The predicted octanol–water partition coefficient (Wildman–Crippen LogP) is 5.62. The van der Waals surface area contributed by atoms with Gasteiger partial charge in [0.15, 0.2) is 0 Å². The van der Waals surface area contributed by atoms with E-state index in [9.17, 15) is 9.65 Å². The molecule has 0 aliphatic carbocycles. The van der Waals surface area contributed by atoms with Crippen molar-refractivity contribution >= 4 is 29.0 Å². The molecule has 3 nitrogen and oxygen atoms in total. The zero-order valence-electron chi connectivity index (χ0n) is 13.1. The van der Waals surface area contributed by atoms with Gasteiger partial charge in [-0.3, -0.25) is 0 Å². The summed E-state index contributed by atoms with van der Waals surface area (Å²) in [6.07, 6.45) is 0. The Morgan fingerprint density at radius 2 is 1.72 bits per heavy atom. The molecule has 0 atom stereocenters. The van der Waals surface area contributed by atoms with Crippen molar-refractivity contribution < 1.29 is 4.39 Å². The normalized spacial score (nSPS) is 10.5. The Balaban J connectivity index is 2.31. The summed E-state index contributed by atoms with van der Waals surface area (Å²) >= 11 is 11.7. The maximum Gasteiger partial charge on any atom is 0.142 e. The molecular formula is C19H12Cl2FN3. The van der Waals surface area contributed by atoms with Crippen molar-refractivity contribution in [3.8, 4) is 28.5 Å². The van der Waals surface area contributed by atoms with E-state index in [0.29, 0.717) is 21.8 Å². The van der Waals surface area contributed by atoms with Gasteiger partial charge in [-0.15, -0.1) is 0 Å². The van der Waals surface area contributed by atoms with Crippen molar-refractivity contribution in [3.63, 3.8) is 0 Å². The molecule has 124 valence electrons. The van der Waals surface area contributed by atoms with Crippen LogP contribution in [0.2, 0.25) is 10.0 Å². The van der Waals surface area contributed by atoms with Gasteiger partial charge in [0.1, 0.15) is 23.3 Å². The van der Waals surface area contributed by atoms with Crippen LogP contribution < -0.4 is 5.73 Å². The van der Waals surface area contributed by atoms with Crippen molar-refractivity contribution in [1.29, 1.82) is 5.26 Å². The van der Waals surface area contributed by atoms with E-state index in [2.05, 4.69) is 11.1 Å². The van der Waals surface area contributed by atoms with Crippen LogP contribution in [0.25, 0.3) is 22.4 Å². The molecule has 0 amide bonds. The smallest absolute Gasteiger partial charge is 0.142 e. The molecule has 1 heterocycles. The number of pyridine rings is 1. The summed E-state index contributed by atoms with van der Waals surface area (Å²) in [6, 6.07) is 13.6. The van der Waals surface area contributed by atoms with Gasteiger partial charge >= 0.3 is 0 Å². The van der Waals surface area contributed by atoms with Crippen LogP contribution in [0.15, 0.2) is 42.5 Å². The van der Waals surface area contributed by atoms with Crippen molar-refractivity contribution in [3.05, 3.63) is 69.5 Å². The Morgan fingerprint density at radius 3 is 2.32 bits per heavy atom. The first-order chi connectivity index (χ1) is 11.9. The van der Waals surface area contributed by atoms with Crippen molar-refractivity contribution in [1.82, 2.24) is 4.98 Å². The van der Waals surface area contributed by atoms with Crippen LogP contribution in [-0.2, 0) is 0 Å². The van der Waals surface area contributed by atoms with Crippen LogP contribution in [0.4, 0.5) is 10.2 Å². The number of halogens is 3. The summed E-state index contributed by atoms with van der Waals surface area (Å²) in [7, 11) is 0. The Labute approximate surface area is 154 Å². The lowest BCUT2D eigenvalue weighted by atomic mass is 9.93. The molecule has 3 aromatic rings. The first kappa shape index (κ1) is 17.2. The van der Waals surface area contributed by atoms with E-state index in [-0.39, 0.29) is 16.4 Å². The van der Waals surface area contributed by atoms with Crippen LogP contribution in [-0.4, -0.2) is 4.98 Å². The minimum atomic E-state index is -0.564. The first-order valence-corrected chi connectivity index (χ1v) is 8.09. The van der Waals surface area contributed by atoms with Gasteiger partial charge in [-0.1, -0.05) is 41.4 Å². The van der Waals surface area contributed by atoms with Gasteiger partial charge in [0.05, 0.1) is 10.7 Å². The lowest BCUT2D eigenvalue weighted by Gasteiger charge is -2.15. The lowest BCUT2D eigenvalue weighted by Crippen LogP contribution is -2.03. The highest BCUT2D eigenvalue weighted by Gasteiger charge is 2.19. The molecule has 0 saturated heterocycles. The fourth-order valence-electron chi connectivity index (χ4n) is 2.71. The van der Waals surface area contributed by atoms with Gasteiger partial charge in [0, 0.05) is 16.1 Å². The molecule has 0 unspecified atom stereocenters. The second-order valence-electron chi connectivity index (χ2n) is 5.47. The van der Waals surface area contributed by atoms with Crippen LogP contribution in [0.1, 0.15) is 11.1 Å². The summed E-state index contributed by atoms with van der Waals surface area (Å²) in [4.78, 5) is 4.36. The fraction of sp³-hybridized carbons (Fsp3) is 0.0526. The van der Waals surface area contributed by atoms with Crippen LogP contribution >= 0.6 is 23.2 Å². The molecule has 0 aliphatic heterocycles. The Kier molecular flexibility index (Phi) is 4.63. The number of rotatable bonds is 2. The number of hydrogen-bond donors (Lipinski definition) is 1. The van der Waals surface area contributed by atoms with Gasteiger partial charge in [-0.2, -0.15) is 5.26 Å². The average molecular weight is 372 g/mol. The highest BCUT2D eigenvalue weighted by atomic mass is 35.5. The van der Waals surface area contributed by atoms with E-state index in [1.54, 1.807) is 18.2 Å². The van der Waals surface area contributed by atoms with Crippen molar-refractivity contribution in [2.24, 2.45) is 0 Å². The quantitative estimate of drug-likeness (QED) is 0.635. The van der Waals surface area contributed by atoms with Gasteiger partial charge in [-0.25, -0.2) is 9.37 Å². The number of benzene rings is 2. The largest absolute Gasteiger partial charge is 0.383 e. The third kappa shape index (κ3) is 3.17. The number of nitrogens with zero attached hydrogens (tertiary/aromatic N) is 2. The maximum atomic E-state index is 13.9. The summed E-state index contributed by atoms with van der Waals surface area (Å²) in [5, 5.41) is 10.1. The van der Waals surface area contributed by atoms with Crippen molar-refractivity contribution in [2.45, 2.75) is 6.92 Å². The minimum absolute atomic E-state index is 0.0138. The van der Waals surface area contributed by atoms with Gasteiger partial charge in [0.2, 0.25) is 0 Å². The van der Waals surface area contributed by atoms with Gasteiger partial charge in [0.25, 0.3) is 0 Å². The zero-order valence-corrected chi connectivity index (χ0v) is 14.7. The molecular weight excluding hydrogens is 360 g/mol. The summed E-state index contributed by atoms with van der Waals surface area (Å²) < 4.78 is 13.9. The van der Waals surface area contributed by atoms with Gasteiger partial charge < -0.3 is 5.73 Å². The van der Waals surface area contributed by atoms with Crippen LogP contribution in [0.5, 0.6) is 0 Å². The van der Waals surface area contributed by atoms with Crippen LogP contribution in [0.3, 0.4) is 0 Å². The number of hydrogen-bond acceptors (Lipinski definition) is 3. The molecule has 6 heteroatoms. The van der Waals surface area contributed by atoms with E-state index >= 15 is 0 Å². The van der Waals surface area contributed by atoms with Crippen LogP contribution in [0, 0.1) is 24.1 Å².